The summed E-state index contributed by atoms with van der Waals surface area (Å²) in [5, 5.41) is 0. The highest BCUT2D eigenvalue weighted by atomic mass is 14.0. The third-order valence-electron chi connectivity index (χ3n) is 1.83. The van der Waals surface area contributed by atoms with Gasteiger partial charge in [-0.1, -0.05) is 112 Å². The summed E-state index contributed by atoms with van der Waals surface area (Å²) in [6.45, 7) is 6.89. The van der Waals surface area contributed by atoms with Crippen molar-refractivity contribution in [1.82, 2.24) is 0 Å². The van der Waals surface area contributed by atoms with Crippen molar-refractivity contribution in [3.8, 4) is 0 Å². The Bertz CT molecular complexity index is 48.0. The molecule has 120 valence electrons. The second kappa shape index (κ2) is 56.2. The van der Waals surface area contributed by atoms with Gasteiger partial charge in [-0.2, -0.15) is 0 Å². The van der Waals surface area contributed by atoms with E-state index in [1.165, 1.54) is 32.1 Å². The van der Waals surface area contributed by atoms with Crippen LogP contribution in [-0.4, -0.2) is 0 Å². The summed E-state index contributed by atoms with van der Waals surface area (Å²) >= 11 is 0. The maximum absolute atomic E-state index is 2.36. The van der Waals surface area contributed by atoms with E-state index in [1.807, 2.05) is 0 Å². The number of rotatable bonds is 5. The highest BCUT2D eigenvalue weighted by Gasteiger charge is 1.97. The van der Waals surface area contributed by atoms with Crippen LogP contribution in [0.5, 0.6) is 0 Å². The summed E-state index contributed by atoms with van der Waals surface area (Å²) in [5.74, 6) is 0.968. The monoisotopic (exact) mass is 256 g/mol. The van der Waals surface area contributed by atoms with E-state index in [-0.39, 0.29) is 59.4 Å². The van der Waals surface area contributed by atoms with Gasteiger partial charge >= 0.3 is 0 Å². The molecule has 0 fully saturated rings. The van der Waals surface area contributed by atoms with Crippen LogP contribution in [-0.2, 0) is 0 Å². The van der Waals surface area contributed by atoms with E-state index in [4.69, 9.17) is 0 Å². The molecule has 0 amide bonds. The van der Waals surface area contributed by atoms with Gasteiger partial charge in [0.2, 0.25) is 0 Å². The summed E-state index contributed by atoms with van der Waals surface area (Å²) in [5.41, 5.74) is 0. The minimum atomic E-state index is 0. The van der Waals surface area contributed by atoms with Gasteiger partial charge in [0.1, 0.15) is 0 Å². The topological polar surface area (TPSA) is 0 Å². The van der Waals surface area contributed by atoms with Crippen molar-refractivity contribution >= 4 is 0 Å². The molecule has 0 heterocycles. The Morgan fingerprint density at radius 3 is 1.18 bits per heavy atom. The van der Waals surface area contributed by atoms with E-state index in [9.17, 15) is 0 Å². The molecule has 0 nitrogen and oxygen atoms in total. The van der Waals surface area contributed by atoms with Gasteiger partial charge in [-0.25, -0.2) is 0 Å². The fourth-order valence-corrected chi connectivity index (χ4v) is 1.19. The van der Waals surface area contributed by atoms with Gasteiger partial charge in [-0.15, -0.1) is 0 Å². The van der Waals surface area contributed by atoms with Gasteiger partial charge < -0.3 is 0 Å². The number of hydrogen-bond donors (Lipinski definition) is 0. The maximum atomic E-state index is 2.36. The van der Waals surface area contributed by atoms with E-state index in [0.29, 0.717) is 0 Å². The maximum Gasteiger partial charge on any atom is -0.0443 e. The minimum Gasteiger partial charge on any atom is -0.0776 e. The van der Waals surface area contributed by atoms with Crippen LogP contribution in [0, 0.1) is 5.92 Å². The average Bonchev–Trinajstić information content (AvgIpc) is 1.85. The summed E-state index contributed by atoms with van der Waals surface area (Å²) in [6.07, 6.45) is 6.98. The Hall–Kier alpha value is 0. The molecule has 0 spiro atoms. The normalized spacial score (nSPS) is 7.24. The van der Waals surface area contributed by atoms with Crippen LogP contribution in [0.25, 0.3) is 0 Å². The van der Waals surface area contributed by atoms with E-state index in [2.05, 4.69) is 20.8 Å². The van der Waals surface area contributed by atoms with Gasteiger partial charge in [-0.05, 0) is 5.92 Å². The second-order valence-electron chi connectivity index (χ2n) is 3.04. The molecule has 0 saturated heterocycles. The zero-order chi connectivity index (χ0) is 7.11. The van der Waals surface area contributed by atoms with Gasteiger partial charge in [-0.3, -0.25) is 0 Å². The van der Waals surface area contributed by atoms with E-state index < -0.39 is 0 Å². The molecule has 0 heteroatoms. The van der Waals surface area contributed by atoms with Crippen molar-refractivity contribution in [3.05, 3.63) is 0 Å². The van der Waals surface area contributed by atoms with Gasteiger partial charge in [0.25, 0.3) is 0 Å². The van der Waals surface area contributed by atoms with Crippen molar-refractivity contribution in [2.75, 3.05) is 0 Å². The van der Waals surface area contributed by atoms with Crippen molar-refractivity contribution < 1.29 is 0 Å². The molecule has 0 aromatic carbocycles. The Morgan fingerprint density at radius 2 is 0.941 bits per heavy atom. The number of unbranched alkanes of at least 4 members (excludes halogenated alkanes) is 1. The van der Waals surface area contributed by atoms with Gasteiger partial charge in [0.05, 0.1) is 0 Å². The summed E-state index contributed by atoms with van der Waals surface area (Å²) in [4.78, 5) is 0. The number of hydrogen-bond acceptors (Lipinski definition) is 0. The van der Waals surface area contributed by atoms with Crippen molar-refractivity contribution in [3.63, 3.8) is 0 Å². The van der Waals surface area contributed by atoms with Crippen molar-refractivity contribution in [2.24, 2.45) is 5.92 Å². The van der Waals surface area contributed by atoms with Crippen LogP contribution < -0.4 is 0 Å². The van der Waals surface area contributed by atoms with Crippen LogP contribution in [0.15, 0.2) is 0 Å². The molecule has 1 unspecified atom stereocenters. The second-order valence-corrected chi connectivity index (χ2v) is 3.04. The highest BCUT2D eigenvalue weighted by Crippen LogP contribution is 2.12. The molecule has 0 radical (unpaired) electrons. The van der Waals surface area contributed by atoms with Gasteiger partial charge in [0, 0.05) is 0 Å². The molecule has 0 saturated carbocycles. The summed E-state index contributed by atoms with van der Waals surface area (Å²) in [7, 11) is 0. The van der Waals surface area contributed by atoms with Crippen molar-refractivity contribution in [1.29, 1.82) is 0 Å². The third kappa shape index (κ3) is 64.0. The first kappa shape index (κ1) is 68.0. The Balaban J connectivity index is -0.0000000114. The lowest BCUT2D eigenvalue weighted by atomic mass is 10.00. The molecule has 0 bridgehead atoms. The zero-order valence-corrected chi connectivity index (χ0v) is 7.11. The molecule has 0 aliphatic carbocycles. The smallest absolute Gasteiger partial charge is 0.0443 e. The lowest BCUT2D eigenvalue weighted by Crippen LogP contribution is -1.92. The zero-order valence-electron chi connectivity index (χ0n) is 7.11. The van der Waals surface area contributed by atoms with Crippen LogP contribution >= 0.6 is 0 Å². The van der Waals surface area contributed by atoms with Gasteiger partial charge in [0.15, 0.2) is 0 Å². The lowest BCUT2D eigenvalue weighted by molar-refractivity contribution is 0.466. The molecule has 0 N–H and O–H groups in total. The van der Waals surface area contributed by atoms with E-state index >= 15 is 0 Å². The van der Waals surface area contributed by atoms with Crippen LogP contribution in [0.3, 0.4) is 0 Å². The molecule has 17 heavy (non-hydrogen) atoms. The van der Waals surface area contributed by atoms with Crippen LogP contribution in [0.4, 0.5) is 0 Å². The lowest BCUT2D eigenvalue weighted by Gasteiger charge is -2.07. The average molecular weight is 257 g/mol. The SMILES string of the molecule is C.C.C.C.C.C.C.C.CCCCC(C)CCC. The Kier molecular flexibility index (Phi) is 225. The first-order valence-electron chi connectivity index (χ1n) is 4.31. The fraction of sp³-hybridized carbons (Fsp3) is 1.00. The Labute approximate surface area is 119 Å². The molecule has 0 aliphatic rings. The summed E-state index contributed by atoms with van der Waals surface area (Å²) < 4.78 is 0. The predicted molar refractivity (Wildman–Crippen MR) is 97.4 cm³/mol. The molecule has 0 rings (SSSR count). The minimum absolute atomic E-state index is 0. The molecular formula is C17H52. The van der Waals surface area contributed by atoms with Crippen LogP contribution in [0.2, 0.25) is 0 Å². The molecule has 0 aliphatic heterocycles. The quantitative estimate of drug-likeness (QED) is 0.461. The standard InChI is InChI=1S/C9H20.8CH4/c1-4-6-8-9(3)7-5-2;;;;;;;;/h9H,4-8H2,1-3H3;8*1H4. The Morgan fingerprint density at radius 1 is 0.588 bits per heavy atom. The largest absolute Gasteiger partial charge is 0.0776 e. The molecule has 0 aromatic rings. The third-order valence-corrected chi connectivity index (χ3v) is 1.83. The molecule has 1 atom stereocenters. The van der Waals surface area contributed by atoms with E-state index in [1.54, 1.807) is 0 Å². The van der Waals surface area contributed by atoms with Crippen molar-refractivity contribution in [2.45, 2.75) is 112 Å². The van der Waals surface area contributed by atoms with E-state index in [0.717, 1.165) is 5.92 Å². The fourth-order valence-electron chi connectivity index (χ4n) is 1.19. The highest BCUT2D eigenvalue weighted by molar-refractivity contribution is 4.50. The summed E-state index contributed by atoms with van der Waals surface area (Å²) in [6, 6.07) is 0. The van der Waals surface area contributed by atoms with Crippen LogP contribution in [0.1, 0.15) is 112 Å². The molecular weight excluding hydrogens is 204 g/mol. The molecule has 0 aromatic heterocycles. The first-order chi connectivity index (χ1) is 4.31. The predicted octanol–water partition coefficient (Wildman–Crippen LogP) is 8.70. The first-order valence-corrected chi connectivity index (χ1v) is 4.31.